The molecule has 1 unspecified atom stereocenters. The number of aromatic amines is 1. The lowest BCUT2D eigenvalue weighted by molar-refractivity contribution is -0.0426. The summed E-state index contributed by atoms with van der Waals surface area (Å²) in [5.41, 5.74) is -0.0136. The SMILES string of the molecule is C=P(C)(C)CC(C)[C@H]1O[C@@H](n2cnc3c(=O)[nH]c(C)nc32)[C@H](F)[C@@H]1O. The van der Waals surface area contributed by atoms with Crippen molar-refractivity contribution < 1.29 is 14.2 Å². The molecule has 1 aliphatic rings. The molecule has 2 aromatic heterocycles. The zero-order chi connectivity index (χ0) is 18.5. The van der Waals surface area contributed by atoms with Crippen molar-refractivity contribution in [2.24, 2.45) is 5.92 Å². The second-order valence-electron chi connectivity index (χ2n) is 7.50. The molecule has 2 N–H and O–H groups in total. The molecule has 0 aliphatic carbocycles. The highest BCUT2D eigenvalue weighted by atomic mass is 31.2. The van der Waals surface area contributed by atoms with E-state index in [-0.39, 0.29) is 22.6 Å². The van der Waals surface area contributed by atoms with Gasteiger partial charge in [0.1, 0.15) is 11.9 Å². The number of aromatic nitrogens is 4. The van der Waals surface area contributed by atoms with Crippen molar-refractivity contribution in [1.82, 2.24) is 19.5 Å². The van der Waals surface area contributed by atoms with Crippen molar-refractivity contribution in [3.63, 3.8) is 0 Å². The van der Waals surface area contributed by atoms with Crippen molar-refractivity contribution in [1.29, 1.82) is 0 Å². The van der Waals surface area contributed by atoms with E-state index in [1.165, 1.54) is 10.9 Å². The Bertz CT molecular complexity index is 889. The molecule has 3 rings (SSSR count). The molecule has 0 saturated carbocycles. The Morgan fingerprint density at radius 1 is 1.56 bits per heavy atom. The fraction of sp³-hybridized carbons (Fsp3) is 0.625. The van der Waals surface area contributed by atoms with E-state index in [1.54, 1.807) is 6.92 Å². The van der Waals surface area contributed by atoms with E-state index < -0.39 is 31.5 Å². The molecule has 7 nitrogen and oxygen atoms in total. The number of hydrogen-bond donors (Lipinski definition) is 2. The quantitative estimate of drug-likeness (QED) is 0.793. The van der Waals surface area contributed by atoms with E-state index in [2.05, 4.69) is 34.6 Å². The number of aryl methyl sites for hydroxylation is 1. The zero-order valence-electron chi connectivity index (χ0n) is 14.8. The zero-order valence-corrected chi connectivity index (χ0v) is 15.7. The Morgan fingerprint density at radius 3 is 2.88 bits per heavy atom. The molecule has 1 aliphatic heterocycles. The van der Waals surface area contributed by atoms with Crippen LogP contribution in [0.1, 0.15) is 19.0 Å². The topological polar surface area (TPSA) is 93.0 Å². The number of aliphatic hydroxyl groups excluding tert-OH is 1. The fourth-order valence-electron chi connectivity index (χ4n) is 3.46. The minimum absolute atomic E-state index is 0.0352. The number of fused-ring (bicyclic) bond motifs is 1. The minimum atomic E-state index is -1.63. The smallest absolute Gasteiger partial charge is 0.279 e. The predicted molar refractivity (Wildman–Crippen MR) is 97.6 cm³/mol. The van der Waals surface area contributed by atoms with Crippen LogP contribution in [0.15, 0.2) is 11.1 Å². The van der Waals surface area contributed by atoms with Crippen molar-refractivity contribution >= 4 is 24.3 Å². The Balaban J connectivity index is 1.94. The van der Waals surface area contributed by atoms with Crippen LogP contribution < -0.4 is 5.56 Å². The molecule has 25 heavy (non-hydrogen) atoms. The van der Waals surface area contributed by atoms with Gasteiger partial charge in [0.15, 0.2) is 23.6 Å². The summed E-state index contributed by atoms with van der Waals surface area (Å²) in [6.07, 6.45) is 1.72. The normalized spacial score (nSPS) is 28.6. The van der Waals surface area contributed by atoms with E-state index in [9.17, 15) is 14.3 Å². The van der Waals surface area contributed by atoms with E-state index in [0.717, 1.165) is 6.16 Å². The summed E-state index contributed by atoms with van der Waals surface area (Å²) in [5.74, 6) is 0.369. The molecule has 0 spiro atoms. The maximum absolute atomic E-state index is 14.8. The van der Waals surface area contributed by atoms with Gasteiger partial charge in [-0.1, -0.05) is 6.92 Å². The molecule has 1 saturated heterocycles. The number of halogens is 1. The summed E-state index contributed by atoms with van der Waals surface area (Å²) in [7, 11) is 0. The third kappa shape index (κ3) is 3.43. The van der Waals surface area contributed by atoms with Gasteiger partial charge in [-0.3, -0.25) is 9.36 Å². The molecule has 0 amide bonds. The van der Waals surface area contributed by atoms with E-state index in [4.69, 9.17) is 4.74 Å². The van der Waals surface area contributed by atoms with Gasteiger partial charge in [0.05, 0.1) is 12.4 Å². The number of ether oxygens (including phenoxy) is 1. The van der Waals surface area contributed by atoms with Crippen LogP contribution >= 0.6 is 6.89 Å². The number of H-pyrrole nitrogens is 1. The maximum atomic E-state index is 14.8. The molecule has 5 atom stereocenters. The van der Waals surface area contributed by atoms with Crippen molar-refractivity contribution in [2.75, 3.05) is 19.5 Å². The molecule has 9 heteroatoms. The summed E-state index contributed by atoms with van der Waals surface area (Å²) in [6, 6.07) is 0. The van der Waals surface area contributed by atoms with Crippen LogP contribution in [0, 0.1) is 12.8 Å². The largest absolute Gasteiger partial charge is 0.387 e. The second-order valence-corrected chi connectivity index (χ2v) is 11.7. The third-order valence-electron chi connectivity index (χ3n) is 4.40. The molecule has 0 radical (unpaired) electrons. The first-order valence-electron chi connectivity index (χ1n) is 8.17. The number of nitrogens with zero attached hydrogens (tertiary/aromatic N) is 3. The summed E-state index contributed by atoms with van der Waals surface area (Å²) >= 11 is 0. The molecule has 1 fully saturated rings. The summed E-state index contributed by atoms with van der Waals surface area (Å²) in [5, 5.41) is 10.3. The lowest BCUT2D eigenvalue weighted by Gasteiger charge is -2.26. The molecule has 3 heterocycles. The number of nitrogens with one attached hydrogen (secondary N) is 1. The van der Waals surface area contributed by atoms with Gasteiger partial charge in [0.25, 0.3) is 5.56 Å². The van der Waals surface area contributed by atoms with Crippen LogP contribution in [0.25, 0.3) is 11.2 Å². The standard InChI is InChI=1S/C16H24FN4O3P/c1-8(6-25(3,4)5)13-12(22)10(17)16(24-13)21-7-18-11-14(21)19-9(2)20-15(11)23/h7-8,10,12-13,16,22H,3,6H2,1-2,4-5H3,(H,19,20,23)/t8?,10-,12+,13-,16-/m1/s1. The lowest BCUT2D eigenvalue weighted by atomic mass is 10.0. The van der Waals surface area contributed by atoms with E-state index in [0.29, 0.717) is 5.82 Å². The number of hydrogen-bond acceptors (Lipinski definition) is 5. The Hall–Kier alpha value is -1.50. The fourth-order valence-corrected chi connectivity index (χ4v) is 5.23. The van der Waals surface area contributed by atoms with Gasteiger partial charge in [0.2, 0.25) is 0 Å². The van der Waals surface area contributed by atoms with Crippen molar-refractivity contribution in [3.05, 3.63) is 22.5 Å². The van der Waals surface area contributed by atoms with Gasteiger partial charge in [-0.15, -0.1) is 13.2 Å². The van der Waals surface area contributed by atoms with E-state index >= 15 is 0 Å². The van der Waals surface area contributed by atoms with Crippen LogP contribution in [0.5, 0.6) is 0 Å². The van der Waals surface area contributed by atoms with Gasteiger partial charge >= 0.3 is 0 Å². The van der Waals surface area contributed by atoms with Crippen molar-refractivity contribution in [2.45, 2.75) is 38.5 Å². The highest BCUT2D eigenvalue weighted by Gasteiger charge is 2.47. The molecular weight excluding hydrogens is 346 g/mol. The third-order valence-corrected chi connectivity index (χ3v) is 5.96. The number of aliphatic hydroxyl groups is 1. The average Bonchev–Trinajstić information content (AvgIpc) is 3.00. The molecule has 0 bridgehead atoms. The molecule has 2 aromatic rings. The number of imidazole rings is 1. The van der Waals surface area contributed by atoms with Gasteiger partial charge in [-0.2, -0.15) is 0 Å². The molecule has 0 aromatic carbocycles. The summed E-state index contributed by atoms with van der Waals surface area (Å²) < 4.78 is 22.0. The van der Waals surface area contributed by atoms with Gasteiger partial charge in [-0.25, -0.2) is 14.4 Å². The van der Waals surface area contributed by atoms with Crippen LogP contribution in [0.4, 0.5) is 4.39 Å². The van der Waals surface area contributed by atoms with Gasteiger partial charge < -0.3 is 14.8 Å². The summed E-state index contributed by atoms with van der Waals surface area (Å²) in [4.78, 5) is 22.8. The maximum Gasteiger partial charge on any atom is 0.279 e. The van der Waals surface area contributed by atoms with Crippen LogP contribution in [-0.2, 0) is 4.74 Å². The highest BCUT2D eigenvalue weighted by molar-refractivity contribution is 7.72. The van der Waals surface area contributed by atoms with Gasteiger partial charge in [-0.05, 0) is 32.3 Å². The van der Waals surface area contributed by atoms with E-state index in [1.807, 2.05) is 6.92 Å². The van der Waals surface area contributed by atoms with Crippen LogP contribution in [0.3, 0.4) is 0 Å². The first-order valence-corrected chi connectivity index (χ1v) is 11.2. The van der Waals surface area contributed by atoms with Crippen LogP contribution in [0.2, 0.25) is 0 Å². The molecular formula is C16H24FN4O3P. The van der Waals surface area contributed by atoms with Crippen LogP contribution in [-0.4, -0.2) is 68.8 Å². The van der Waals surface area contributed by atoms with Crippen molar-refractivity contribution in [3.8, 4) is 0 Å². The lowest BCUT2D eigenvalue weighted by Crippen LogP contribution is -2.34. The highest BCUT2D eigenvalue weighted by Crippen LogP contribution is 2.43. The Kier molecular flexibility index (Phi) is 4.64. The minimum Gasteiger partial charge on any atom is -0.387 e. The monoisotopic (exact) mass is 370 g/mol. The molecule has 138 valence electrons. The predicted octanol–water partition coefficient (Wildman–Crippen LogP) is 1.37. The Labute approximate surface area is 145 Å². The average molecular weight is 370 g/mol. The number of rotatable bonds is 4. The second kappa shape index (κ2) is 6.34. The number of alkyl halides is 1. The first kappa shape index (κ1) is 18.3. The Morgan fingerprint density at radius 2 is 2.24 bits per heavy atom. The first-order chi connectivity index (χ1) is 11.6. The summed E-state index contributed by atoms with van der Waals surface area (Å²) in [6.45, 7) is 6.43. The van der Waals surface area contributed by atoms with Gasteiger partial charge in [0, 0.05) is 0 Å².